The molecule has 5 rings (SSSR count). The Kier molecular flexibility index (Phi) is 6.98. The molecule has 0 bridgehead atoms. The summed E-state index contributed by atoms with van der Waals surface area (Å²) in [5, 5.41) is 3.91. The lowest BCUT2D eigenvalue weighted by Gasteiger charge is -2.32. The summed E-state index contributed by atoms with van der Waals surface area (Å²) in [4.78, 5) is 16.2. The Balaban J connectivity index is 1.54. The van der Waals surface area contributed by atoms with Crippen LogP contribution in [0.4, 0.5) is 19.0 Å². The zero-order chi connectivity index (χ0) is 25.4. The van der Waals surface area contributed by atoms with Crippen LogP contribution in [0.1, 0.15) is 60.7 Å². The van der Waals surface area contributed by atoms with Gasteiger partial charge in [-0.25, -0.2) is 23.1 Å². The summed E-state index contributed by atoms with van der Waals surface area (Å²) in [6, 6.07) is 5.45. The average Bonchev–Trinajstić information content (AvgIpc) is 2.81. The number of nitrogens with one attached hydrogen (secondary N) is 1. The van der Waals surface area contributed by atoms with Crippen molar-refractivity contribution in [3.63, 3.8) is 0 Å². The number of hydrogen-bond donors (Lipinski definition) is 1. The van der Waals surface area contributed by atoms with E-state index in [1.54, 1.807) is 13.8 Å². The molecule has 2 aromatic heterocycles. The van der Waals surface area contributed by atoms with Crippen LogP contribution < -0.4 is 10.1 Å². The lowest BCUT2D eigenvalue weighted by atomic mass is 9.89. The highest BCUT2D eigenvalue weighted by atomic mass is 19.3. The number of rotatable bonds is 7. The van der Waals surface area contributed by atoms with Crippen LogP contribution in [0, 0.1) is 12.7 Å². The van der Waals surface area contributed by atoms with E-state index < -0.39 is 23.8 Å². The average molecular weight is 502 g/mol. The summed E-state index contributed by atoms with van der Waals surface area (Å²) in [5.41, 5.74) is 0.992. The second-order valence-electron chi connectivity index (χ2n) is 9.65. The number of benzene rings is 1. The molecule has 0 amide bonds. The van der Waals surface area contributed by atoms with E-state index in [0.717, 1.165) is 37.6 Å². The number of ether oxygens (including phenoxy) is 2. The molecule has 2 aliphatic rings. The van der Waals surface area contributed by atoms with Crippen LogP contribution in [0.25, 0.3) is 11.0 Å². The molecule has 192 valence electrons. The fourth-order valence-corrected chi connectivity index (χ4v) is 4.77. The minimum atomic E-state index is -2.89. The van der Waals surface area contributed by atoms with E-state index in [1.165, 1.54) is 12.1 Å². The van der Waals surface area contributed by atoms with Crippen LogP contribution >= 0.6 is 0 Å². The molecule has 1 N–H and O–H groups in total. The monoisotopic (exact) mass is 501 g/mol. The molecule has 36 heavy (non-hydrogen) atoms. The number of halogens is 3. The minimum absolute atomic E-state index is 0.0365. The molecule has 2 fully saturated rings. The van der Waals surface area contributed by atoms with Gasteiger partial charge in [0.15, 0.2) is 5.65 Å². The molecule has 0 aliphatic carbocycles. The largest absolute Gasteiger partial charge is 0.469 e. The third kappa shape index (κ3) is 4.97. The van der Waals surface area contributed by atoms with E-state index in [4.69, 9.17) is 14.5 Å². The topological polar surface area (TPSA) is 72.4 Å². The molecule has 3 aromatic rings. The van der Waals surface area contributed by atoms with Gasteiger partial charge in [-0.05, 0) is 58.8 Å². The number of anilines is 1. The van der Waals surface area contributed by atoms with E-state index in [9.17, 15) is 13.2 Å². The van der Waals surface area contributed by atoms with E-state index in [-0.39, 0.29) is 17.6 Å². The van der Waals surface area contributed by atoms with Gasteiger partial charge in [0.25, 0.3) is 6.43 Å². The first kappa shape index (κ1) is 24.7. The lowest BCUT2D eigenvalue weighted by molar-refractivity contribution is -0.0817. The summed E-state index contributed by atoms with van der Waals surface area (Å²) in [7, 11) is 2.11. The summed E-state index contributed by atoms with van der Waals surface area (Å²) < 4.78 is 52.8. The van der Waals surface area contributed by atoms with Gasteiger partial charge in [-0.1, -0.05) is 18.2 Å². The first-order valence-electron chi connectivity index (χ1n) is 12.3. The Bertz CT molecular complexity index is 1250. The molecule has 10 heteroatoms. The standard InChI is InChI=1S/C26H30F3N5O2/c1-14(18-5-4-6-19(22(18)27)23(28)29)30-24-21-11-20(16-7-9-34(3)10-8-16)26(36-17-12-35-13-17)33-25(21)32-15(2)31-24/h4-6,11,14,16-17,23H,7-10,12-13H2,1-3H3,(H,30,31,32,33)/t14-/m1/s1. The van der Waals surface area contributed by atoms with E-state index in [2.05, 4.69) is 27.2 Å². The third-order valence-corrected chi connectivity index (χ3v) is 6.95. The van der Waals surface area contributed by atoms with Crippen molar-refractivity contribution in [3.05, 3.63) is 52.6 Å². The second-order valence-corrected chi connectivity index (χ2v) is 9.65. The zero-order valence-electron chi connectivity index (χ0n) is 20.6. The third-order valence-electron chi connectivity index (χ3n) is 6.95. The number of hydrogen-bond acceptors (Lipinski definition) is 7. The summed E-state index contributed by atoms with van der Waals surface area (Å²) >= 11 is 0. The normalized spacial score (nSPS) is 18.4. The van der Waals surface area contributed by atoms with E-state index >= 15 is 0 Å². The summed E-state index contributed by atoms with van der Waals surface area (Å²) in [5.74, 6) is 0.883. The molecule has 2 aliphatic heterocycles. The van der Waals surface area contributed by atoms with Crippen LogP contribution in [-0.2, 0) is 4.74 Å². The highest BCUT2D eigenvalue weighted by molar-refractivity contribution is 5.88. The SMILES string of the molecule is Cc1nc(N[C@H](C)c2cccc(C(F)F)c2F)c2cc(C3CCN(C)CC3)c(OC3COC3)nc2n1. The van der Waals surface area contributed by atoms with Crippen LogP contribution in [0.3, 0.4) is 0 Å². The molecule has 2 saturated heterocycles. The van der Waals surface area contributed by atoms with Crippen molar-refractivity contribution in [1.82, 2.24) is 19.9 Å². The van der Waals surface area contributed by atoms with E-state index in [1.807, 2.05) is 6.07 Å². The molecule has 0 radical (unpaired) electrons. The fraction of sp³-hybridized carbons (Fsp3) is 0.500. The number of nitrogens with zero attached hydrogens (tertiary/aromatic N) is 4. The number of aryl methyl sites for hydroxylation is 1. The van der Waals surface area contributed by atoms with Crippen molar-refractivity contribution in [1.29, 1.82) is 0 Å². The number of pyridine rings is 1. The van der Waals surface area contributed by atoms with Gasteiger partial charge < -0.3 is 19.7 Å². The number of alkyl halides is 2. The smallest absolute Gasteiger partial charge is 0.266 e. The highest BCUT2D eigenvalue weighted by Gasteiger charge is 2.28. The molecule has 0 unspecified atom stereocenters. The fourth-order valence-electron chi connectivity index (χ4n) is 4.77. The molecule has 1 atom stereocenters. The molecule has 7 nitrogen and oxygen atoms in total. The van der Waals surface area contributed by atoms with Crippen molar-refractivity contribution in [3.8, 4) is 5.88 Å². The molecular weight excluding hydrogens is 471 g/mol. The van der Waals surface area contributed by atoms with Crippen molar-refractivity contribution < 1.29 is 22.6 Å². The van der Waals surface area contributed by atoms with E-state index in [0.29, 0.717) is 41.8 Å². The van der Waals surface area contributed by atoms with Crippen molar-refractivity contribution in [2.24, 2.45) is 0 Å². The van der Waals surface area contributed by atoms with Gasteiger partial charge in [0.1, 0.15) is 23.6 Å². The minimum Gasteiger partial charge on any atom is -0.469 e. The maximum Gasteiger partial charge on any atom is 0.266 e. The Labute approximate surface area is 208 Å². The maximum atomic E-state index is 14.8. The molecule has 0 spiro atoms. The van der Waals surface area contributed by atoms with Gasteiger partial charge in [0.05, 0.1) is 30.2 Å². The molecule has 1 aromatic carbocycles. The quantitative estimate of drug-likeness (QED) is 0.479. The predicted octanol–water partition coefficient (Wildman–Crippen LogP) is 5.17. The lowest BCUT2D eigenvalue weighted by Crippen LogP contribution is -2.39. The number of likely N-dealkylation sites (tertiary alicyclic amines) is 1. The Morgan fingerprint density at radius 3 is 2.50 bits per heavy atom. The summed E-state index contributed by atoms with van der Waals surface area (Å²) in [6.45, 7) is 6.48. The van der Waals surface area contributed by atoms with Gasteiger partial charge in [-0.3, -0.25) is 0 Å². The predicted molar refractivity (Wildman–Crippen MR) is 130 cm³/mol. The van der Waals surface area contributed by atoms with Crippen LogP contribution in [0.5, 0.6) is 5.88 Å². The van der Waals surface area contributed by atoms with Crippen molar-refractivity contribution in [2.45, 2.75) is 51.2 Å². The van der Waals surface area contributed by atoms with Crippen LogP contribution in [-0.4, -0.2) is 59.3 Å². The van der Waals surface area contributed by atoms with Gasteiger partial charge >= 0.3 is 0 Å². The molecular formula is C26H30F3N5O2. The Hall–Kier alpha value is -2.98. The first-order chi connectivity index (χ1) is 17.3. The number of fused-ring (bicyclic) bond motifs is 1. The number of piperidine rings is 1. The van der Waals surface area contributed by atoms with Crippen molar-refractivity contribution >= 4 is 16.9 Å². The van der Waals surface area contributed by atoms with Gasteiger partial charge in [-0.2, -0.15) is 4.98 Å². The van der Waals surface area contributed by atoms with Crippen LogP contribution in [0.2, 0.25) is 0 Å². The molecule has 4 heterocycles. The molecule has 0 saturated carbocycles. The maximum absolute atomic E-state index is 14.8. The van der Waals surface area contributed by atoms with Crippen molar-refractivity contribution in [2.75, 3.05) is 38.7 Å². The highest BCUT2D eigenvalue weighted by Crippen LogP contribution is 2.38. The Morgan fingerprint density at radius 1 is 1.11 bits per heavy atom. The Morgan fingerprint density at radius 2 is 1.83 bits per heavy atom. The van der Waals surface area contributed by atoms with Gasteiger partial charge in [0, 0.05) is 11.1 Å². The van der Waals surface area contributed by atoms with Gasteiger partial charge in [-0.15, -0.1) is 0 Å². The first-order valence-corrected chi connectivity index (χ1v) is 12.3. The number of aromatic nitrogens is 3. The van der Waals surface area contributed by atoms with Crippen LogP contribution in [0.15, 0.2) is 24.3 Å². The summed E-state index contributed by atoms with van der Waals surface area (Å²) in [6.07, 6.45) is -0.983. The van der Waals surface area contributed by atoms with Gasteiger partial charge in [0.2, 0.25) is 5.88 Å². The second kappa shape index (κ2) is 10.2. The zero-order valence-corrected chi connectivity index (χ0v) is 20.6.